The van der Waals surface area contributed by atoms with Gasteiger partial charge in [-0.3, -0.25) is 4.79 Å². The molecule has 0 unspecified atom stereocenters. The molecule has 2 aliphatic heterocycles. The minimum Gasteiger partial charge on any atom is -0.378 e. The van der Waals surface area contributed by atoms with Gasteiger partial charge in [-0.2, -0.15) is 0 Å². The molecule has 6 heteroatoms. The zero-order chi connectivity index (χ0) is 17.6. The maximum absolute atomic E-state index is 12.0. The molecule has 0 aliphatic carbocycles. The number of nitrogens with zero attached hydrogens (tertiary/aromatic N) is 2. The Labute approximate surface area is 149 Å². The average Bonchev–Trinajstić information content (AvgIpc) is 3.11. The van der Waals surface area contributed by atoms with Crippen molar-refractivity contribution < 1.29 is 14.3 Å². The Hall–Kier alpha value is -1.66. The van der Waals surface area contributed by atoms with Gasteiger partial charge in [0.2, 0.25) is 5.91 Å². The molecule has 0 radical (unpaired) electrons. The molecule has 3 heterocycles. The van der Waals surface area contributed by atoms with Crippen LogP contribution in [0, 0.1) is 0 Å². The average molecular weight is 347 g/mol. The van der Waals surface area contributed by atoms with Crippen LogP contribution in [0.4, 0.5) is 5.82 Å². The third-order valence-corrected chi connectivity index (χ3v) is 4.76. The maximum Gasteiger partial charge on any atom is 0.220 e. The second-order valence-corrected chi connectivity index (χ2v) is 7.14. The number of rotatable bonds is 6. The van der Waals surface area contributed by atoms with Crippen molar-refractivity contribution in [2.24, 2.45) is 0 Å². The largest absolute Gasteiger partial charge is 0.378 e. The lowest BCUT2D eigenvalue weighted by atomic mass is 10.1. The lowest BCUT2D eigenvalue weighted by Crippen LogP contribution is -2.45. The molecule has 0 bridgehead atoms. The summed E-state index contributed by atoms with van der Waals surface area (Å²) in [4.78, 5) is 18.8. The summed E-state index contributed by atoms with van der Waals surface area (Å²) in [6.45, 7) is 7.25. The monoisotopic (exact) mass is 347 g/mol. The Bertz CT molecular complexity index is 548. The molecular formula is C19H29N3O3. The molecule has 3 rings (SSSR count). The van der Waals surface area contributed by atoms with Crippen molar-refractivity contribution in [1.82, 2.24) is 10.3 Å². The van der Waals surface area contributed by atoms with Crippen molar-refractivity contribution in [3.05, 3.63) is 23.9 Å². The second-order valence-electron chi connectivity index (χ2n) is 7.14. The molecule has 25 heavy (non-hydrogen) atoms. The number of hydrogen-bond acceptors (Lipinski definition) is 5. The third-order valence-electron chi connectivity index (χ3n) is 4.76. The number of aromatic nitrogens is 1. The molecule has 1 aromatic heterocycles. The number of morpholine rings is 1. The molecule has 0 aromatic carbocycles. The lowest BCUT2D eigenvalue weighted by Gasteiger charge is -2.36. The standard InChI is InChI=1S/C19H29N3O3/c1-14-12-22(13-15(2)25-14)18-7-5-16(10-20-18)11-21-19(23)8-6-17-4-3-9-24-17/h5,7,10,14-15,17H,3-4,6,8-9,11-13H2,1-2H3,(H,21,23)/t14-,15+,17-/m1/s1. The number of carbonyl (C=O) groups is 1. The fourth-order valence-corrected chi connectivity index (χ4v) is 3.53. The van der Waals surface area contributed by atoms with E-state index in [9.17, 15) is 4.79 Å². The van der Waals surface area contributed by atoms with E-state index in [1.807, 2.05) is 18.3 Å². The summed E-state index contributed by atoms with van der Waals surface area (Å²) >= 11 is 0. The minimum atomic E-state index is 0.0791. The van der Waals surface area contributed by atoms with E-state index in [1.54, 1.807) is 0 Å². The first kappa shape index (κ1) is 18.1. The normalized spacial score (nSPS) is 26.6. The fraction of sp³-hybridized carbons (Fsp3) is 0.684. The van der Waals surface area contributed by atoms with E-state index in [0.717, 1.165) is 50.3 Å². The van der Waals surface area contributed by atoms with Gasteiger partial charge in [-0.15, -0.1) is 0 Å². The Morgan fingerprint density at radius 1 is 1.32 bits per heavy atom. The van der Waals surface area contributed by atoms with E-state index in [1.165, 1.54) is 0 Å². The molecule has 1 amide bonds. The number of pyridine rings is 1. The molecule has 2 aliphatic rings. The van der Waals surface area contributed by atoms with Crippen molar-refractivity contribution in [1.29, 1.82) is 0 Å². The van der Waals surface area contributed by atoms with Gasteiger partial charge >= 0.3 is 0 Å². The van der Waals surface area contributed by atoms with Gasteiger partial charge in [0, 0.05) is 38.9 Å². The van der Waals surface area contributed by atoms with Crippen LogP contribution >= 0.6 is 0 Å². The number of amides is 1. The number of hydrogen-bond donors (Lipinski definition) is 1. The molecule has 2 fully saturated rings. The number of nitrogens with one attached hydrogen (secondary N) is 1. The topological polar surface area (TPSA) is 63.7 Å². The van der Waals surface area contributed by atoms with Crippen LogP contribution < -0.4 is 10.2 Å². The highest BCUT2D eigenvalue weighted by Gasteiger charge is 2.23. The Morgan fingerprint density at radius 2 is 2.12 bits per heavy atom. The zero-order valence-electron chi connectivity index (χ0n) is 15.2. The second kappa shape index (κ2) is 8.63. The summed E-state index contributed by atoms with van der Waals surface area (Å²) in [5, 5.41) is 2.97. The van der Waals surface area contributed by atoms with E-state index >= 15 is 0 Å². The molecule has 3 atom stereocenters. The van der Waals surface area contributed by atoms with Crippen LogP contribution in [0.1, 0.15) is 45.1 Å². The quantitative estimate of drug-likeness (QED) is 0.855. The first-order chi connectivity index (χ1) is 12.1. The van der Waals surface area contributed by atoms with E-state index < -0.39 is 0 Å². The zero-order valence-corrected chi connectivity index (χ0v) is 15.2. The highest BCUT2D eigenvalue weighted by molar-refractivity contribution is 5.75. The van der Waals surface area contributed by atoms with Gasteiger partial charge in [0.15, 0.2) is 0 Å². The summed E-state index contributed by atoms with van der Waals surface area (Å²) in [5.74, 6) is 1.05. The van der Waals surface area contributed by atoms with Gasteiger partial charge in [-0.25, -0.2) is 4.98 Å². The smallest absolute Gasteiger partial charge is 0.220 e. The van der Waals surface area contributed by atoms with Gasteiger partial charge in [0.1, 0.15) is 5.82 Å². The van der Waals surface area contributed by atoms with E-state index in [2.05, 4.69) is 29.0 Å². The van der Waals surface area contributed by atoms with Crippen molar-refractivity contribution in [2.45, 2.75) is 64.4 Å². The first-order valence-electron chi connectivity index (χ1n) is 9.34. The van der Waals surface area contributed by atoms with Gasteiger partial charge in [0.25, 0.3) is 0 Å². The van der Waals surface area contributed by atoms with Gasteiger partial charge < -0.3 is 19.7 Å². The van der Waals surface area contributed by atoms with Gasteiger partial charge in [0.05, 0.1) is 18.3 Å². The van der Waals surface area contributed by atoms with Crippen LogP contribution in [0.3, 0.4) is 0 Å². The predicted octanol–water partition coefficient (Wildman–Crippen LogP) is 2.27. The van der Waals surface area contributed by atoms with Crippen LogP contribution in [0.25, 0.3) is 0 Å². The van der Waals surface area contributed by atoms with Crippen LogP contribution in [-0.2, 0) is 20.8 Å². The van der Waals surface area contributed by atoms with Gasteiger partial charge in [-0.05, 0) is 44.7 Å². The summed E-state index contributed by atoms with van der Waals surface area (Å²) in [6.07, 6.45) is 6.09. The SMILES string of the molecule is C[C@@H]1CN(c2ccc(CNC(=O)CC[C@H]3CCCO3)cn2)C[C@H](C)O1. The molecule has 1 N–H and O–H groups in total. The summed E-state index contributed by atoms with van der Waals surface area (Å²) in [6, 6.07) is 4.06. The number of carbonyl (C=O) groups excluding carboxylic acids is 1. The van der Waals surface area contributed by atoms with Gasteiger partial charge in [-0.1, -0.05) is 6.07 Å². The molecule has 0 spiro atoms. The maximum atomic E-state index is 12.0. The molecule has 6 nitrogen and oxygen atoms in total. The van der Waals surface area contributed by atoms with Crippen molar-refractivity contribution in [3.63, 3.8) is 0 Å². The van der Waals surface area contributed by atoms with E-state index in [4.69, 9.17) is 9.47 Å². The van der Waals surface area contributed by atoms with Crippen molar-refractivity contribution in [2.75, 3.05) is 24.6 Å². The Balaban J connectivity index is 1.43. The summed E-state index contributed by atoms with van der Waals surface area (Å²) in [5.41, 5.74) is 1.02. The molecular weight excluding hydrogens is 318 g/mol. The molecule has 1 aromatic rings. The minimum absolute atomic E-state index is 0.0791. The lowest BCUT2D eigenvalue weighted by molar-refractivity contribution is -0.121. The molecule has 0 saturated carbocycles. The highest BCUT2D eigenvalue weighted by atomic mass is 16.5. The third kappa shape index (κ3) is 5.41. The predicted molar refractivity (Wildman–Crippen MR) is 96.5 cm³/mol. The summed E-state index contributed by atoms with van der Waals surface area (Å²) in [7, 11) is 0. The van der Waals surface area contributed by atoms with Crippen LogP contribution in [0.15, 0.2) is 18.3 Å². The Morgan fingerprint density at radius 3 is 2.76 bits per heavy atom. The van der Waals surface area contributed by atoms with Crippen LogP contribution in [-0.4, -0.2) is 48.9 Å². The van der Waals surface area contributed by atoms with Crippen molar-refractivity contribution >= 4 is 11.7 Å². The molecule has 2 saturated heterocycles. The summed E-state index contributed by atoms with van der Waals surface area (Å²) < 4.78 is 11.3. The van der Waals surface area contributed by atoms with Crippen LogP contribution in [0.5, 0.6) is 0 Å². The van der Waals surface area contributed by atoms with E-state index in [-0.39, 0.29) is 24.2 Å². The highest BCUT2D eigenvalue weighted by Crippen LogP contribution is 2.19. The Kier molecular flexibility index (Phi) is 6.26. The fourth-order valence-electron chi connectivity index (χ4n) is 3.53. The van der Waals surface area contributed by atoms with Crippen LogP contribution in [0.2, 0.25) is 0 Å². The molecule has 138 valence electrons. The van der Waals surface area contributed by atoms with Crippen molar-refractivity contribution in [3.8, 4) is 0 Å². The van der Waals surface area contributed by atoms with E-state index in [0.29, 0.717) is 13.0 Å². The number of anilines is 1. The first-order valence-corrected chi connectivity index (χ1v) is 9.34. The number of ether oxygens (including phenoxy) is 2.